The average molecular weight is 486 g/mol. The molecule has 4 rings (SSSR count). The number of esters is 1. The molecule has 6 nitrogen and oxygen atoms in total. The van der Waals surface area contributed by atoms with Gasteiger partial charge in [-0.2, -0.15) is 0 Å². The summed E-state index contributed by atoms with van der Waals surface area (Å²) >= 11 is 12.2. The molecule has 0 saturated heterocycles. The predicted octanol–water partition coefficient (Wildman–Crippen LogP) is 5.49. The summed E-state index contributed by atoms with van der Waals surface area (Å²) in [5.74, 6) is -0.987. The van der Waals surface area contributed by atoms with Gasteiger partial charge in [0.25, 0.3) is 5.91 Å². The number of hydrogen-bond acceptors (Lipinski definition) is 5. The predicted molar refractivity (Wildman–Crippen MR) is 131 cm³/mol. The number of rotatable bonds is 6. The van der Waals surface area contributed by atoms with E-state index in [1.54, 1.807) is 25.1 Å². The molecule has 2 heterocycles. The molecule has 0 saturated carbocycles. The molecule has 172 valence electrons. The highest BCUT2D eigenvalue weighted by Crippen LogP contribution is 2.30. The lowest BCUT2D eigenvalue weighted by Crippen LogP contribution is -2.35. The molecule has 33 heavy (non-hydrogen) atoms. The highest BCUT2D eigenvalue weighted by Gasteiger charge is 2.29. The summed E-state index contributed by atoms with van der Waals surface area (Å²) in [6.07, 6.45) is 0.0855. The highest BCUT2D eigenvalue weighted by atomic mass is 35.5. The summed E-state index contributed by atoms with van der Waals surface area (Å²) in [4.78, 5) is 33.5. The van der Waals surface area contributed by atoms with Crippen LogP contribution < -0.4 is 5.32 Å². The Hall–Kier alpha value is -2.67. The number of ether oxygens (including phenoxy) is 1. The number of amides is 1. The molecule has 1 atom stereocenters. The maximum Gasteiger partial charge on any atom is 0.340 e. The summed E-state index contributed by atoms with van der Waals surface area (Å²) in [7, 11) is 0. The van der Waals surface area contributed by atoms with E-state index in [0.29, 0.717) is 34.3 Å². The molecule has 3 aromatic rings. The summed E-state index contributed by atoms with van der Waals surface area (Å²) in [5.41, 5.74) is 3.39. The monoisotopic (exact) mass is 485 g/mol. The molecule has 0 bridgehead atoms. The van der Waals surface area contributed by atoms with Gasteiger partial charge in [0, 0.05) is 41.2 Å². The Labute approximate surface area is 202 Å². The Kier molecular flexibility index (Phi) is 7.17. The minimum atomic E-state index is -0.985. The molecule has 1 unspecified atom stereocenters. The number of nitrogens with zero attached hydrogens (tertiary/aromatic N) is 2. The Bertz CT molecular complexity index is 1210. The molecule has 2 aromatic carbocycles. The minimum absolute atomic E-state index is 0.308. The Morgan fingerprint density at radius 3 is 2.73 bits per heavy atom. The molecule has 1 amide bonds. The average Bonchev–Trinajstić information content (AvgIpc) is 2.82. The van der Waals surface area contributed by atoms with Gasteiger partial charge in [0.15, 0.2) is 6.10 Å². The van der Waals surface area contributed by atoms with Crippen molar-refractivity contribution >= 4 is 51.7 Å². The SMILES string of the molecule is CCC(OC(=O)c1c2c(nc3ccccc13)CCN(CC)C2)C(=O)Nc1cc(Cl)ccc1Cl. The topological polar surface area (TPSA) is 71.5 Å². The van der Waals surface area contributed by atoms with Gasteiger partial charge in [0.05, 0.1) is 21.8 Å². The van der Waals surface area contributed by atoms with Gasteiger partial charge in [-0.25, -0.2) is 4.79 Å². The number of nitrogens with one attached hydrogen (secondary N) is 1. The third-order valence-electron chi connectivity index (χ3n) is 5.88. The van der Waals surface area contributed by atoms with Gasteiger partial charge in [-0.15, -0.1) is 0 Å². The number of likely N-dealkylation sites (N-methyl/N-ethyl adjacent to an activating group) is 1. The molecule has 0 fully saturated rings. The standard InChI is InChI=1S/C25H25Cl2N3O3/c1-3-22(24(31)29-21-13-15(26)9-10-18(21)27)33-25(32)23-16-7-5-6-8-19(16)28-20-11-12-30(4-2)14-17(20)23/h5-10,13,22H,3-4,11-12,14H2,1-2H3,(H,29,31). The summed E-state index contributed by atoms with van der Waals surface area (Å²) in [6, 6.07) is 12.3. The number of benzene rings is 2. The number of hydrogen-bond donors (Lipinski definition) is 1. The fourth-order valence-electron chi connectivity index (χ4n) is 4.07. The number of fused-ring (bicyclic) bond motifs is 2. The van der Waals surface area contributed by atoms with Crippen LogP contribution in [0.25, 0.3) is 10.9 Å². The van der Waals surface area contributed by atoms with Gasteiger partial charge in [-0.05, 0) is 37.2 Å². The van der Waals surface area contributed by atoms with E-state index in [4.69, 9.17) is 32.9 Å². The second kappa shape index (κ2) is 10.1. The van der Waals surface area contributed by atoms with Crippen LogP contribution in [-0.2, 0) is 22.5 Å². The van der Waals surface area contributed by atoms with Crippen molar-refractivity contribution in [2.75, 3.05) is 18.4 Å². The van der Waals surface area contributed by atoms with E-state index in [2.05, 4.69) is 17.1 Å². The van der Waals surface area contributed by atoms with Gasteiger partial charge in [0.2, 0.25) is 0 Å². The maximum atomic E-state index is 13.5. The summed E-state index contributed by atoms with van der Waals surface area (Å²) < 4.78 is 5.76. The van der Waals surface area contributed by atoms with Crippen molar-refractivity contribution < 1.29 is 14.3 Å². The van der Waals surface area contributed by atoms with Gasteiger partial charge in [-0.1, -0.05) is 55.2 Å². The molecule has 0 radical (unpaired) electrons. The molecule has 0 spiro atoms. The lowest BCUT2D eigenvalue weighted by molar-refractivity contribution is -0.124. The smallest absolute Gasteiger partial charge is 0.340 e. The van der Waals surface area contributed by atoms with Gasteiger partial charge >= 0.3 is 5.97 Å². The van der Waals surface area contributed by atoms with Crippen molar-refractivity contribution in [1.29, 1.82) is 0 Å². The fraction of sp³-hybridized carbons (Fsp3) is 0.320. The van der Waals surface area contributed by atoms with E-state index in [9.17, 15) is 9.59 Å². The molecule has 1 aliphatic rings. The van der Waals surface area contributed by atoms with Gasteiger partial charge < -0.3 is 10.1 Å². The van der Waals surface area contributed by atoms with E-state index in [-0.39, 0.29) is 0 Å². The van der Waals surface area contributed by atoms with E-state index in [1.807, 2.05) is 24.3 Å². The highest BCUT2D eigenvalue weighted by molar-refractivity contribution is 6.35. The lowest BCUT2D eigenvalue weighted by atomic mass is 9.95. The largest absolute Gasteiger partial charge is 0.449 e. The van der Waals surface area contributed by atoms with Crippen molar-refractivity contribution in [1.82, 2.24) is 9.88 Å². The Morgan fingerprint density at radius 1 is 1.18 bits per heavy atom. The lowest BCUT2D eigenvalue weighted by Gasteiger charge is -2.29. The number of aromatic nitrogens is 1. The molecular formula is C25H25Cl2N3O3. The van der Waals surface area contributed by atoms with Crippen molar-refractivity contribution in [3.8, 4) is 0 Å². The summed E-state index contributed by atoms with van der Waals surface area (Å²) in [5, 5.41) is 4.24. The van der Waals surface area contributed by atoms with Crippen molar-refractivity contribution in [2.45, 2.75) is 39.3 Å². The molecule has 8 heteroatoms. The fourth-order valence-corrected chi connectivity index (χ4v) is 4.40. The van der Waals surface area contributed by atoms with Crippen LogP contribution in [0.5, 0.6) is 0 Å². The molecule has 1 N–H and O–H groups in total. The van der Waals surface area contributed by atoms with Gasteiger partial charge in [-0.3, -0.25) is 14.7 Å². The number of para-hydroxylation sites is 1. The zero-order chi connectivity index (χ0) is 23.5. The summed E-state index contributed by atoms with van der Waals surface area (Å²) in [6.45, 7) is 6.27. The Balaban J connectivity index is 1.65. The zero-order valence-corrected chi connectivity index (χ0v) is 20.0. The number of halogens is 2. The second-order valence-corrected chi connectivity index (χ2v) is 8.81. The zero-order valence-electron chi connectivity index (χ0n) is 18.5. The van der Waals surface area contributed by atoms with E-state index < -0.39 is 18.0 Å². The van der Waals surface area contributed by atoms with Crippen LogP contribution in [-0.4, -0.2) is 41.0 Å². The van der Waals surface area contributed by atoms with Crippen molar-refractivity contribution in [3.63, 3.8) is 0 Å². The van der Waals surface area contributed by atoms with Crippen LogP contribution >= 0.6 is 23.2 Å². The van der Waals surface area contributed by atoms with Crippen LogP contribution in [0.3, 0.4) is 0 Å². The number of pyridine rings is 1. The first-order valence-corrected chi connectivity index (χ1v) is 11.8. The molecule has 1 aliphatic heterocycles. The first-order chi connectivity index (χ1) is 15.9. The van der Waals surface area contributed by atoms with E-state index >= 15 is 0 Å². The molecule has 1 aromatic heterocycles. The van der Waals surface area contributed by atoms with Crippen LogP contribution in [0, 0.1) is 0 Å². The van der Waals surface area contributed by atoms with E-state index in [1.165, 1.54) is 0 Å². The maximum absolute atomic E-state index is 13.5. The normalized spacial score (nSPS) is 14.5. The quantitative estimate of drug-likeness (QED) is 0.467. The first kappa shape index (κ1) is 23.5. The number of carbonyl (C=O) groups excluding carboxylic acids is 2. The minimum Gasteiger partial charge on any atom is -0.449 e. The Morgan fingerprint density at radius 2 is 1.97 bits per heavy atom. The first-order valence-electron chi connectivity index (χ1n) is 11.0. The van der Waals surface area contributed by atoms with Crippen molar-refractivity contribution in [3.05, 3.63) is 69.3 Å². The molecule has 0 aliphatic carbocycles. The van der Waals surface area contributed by atoms with Crippen molar-refractivity contribution in [2.24, 2.45) is 0 Å². The van der Waals surface area contributed by atoms with E-state index in [0.717, 1.165) is 41.7 Å². The van der Waals surface area contributed by atoms with Crippen LogP contribution in [0.2, 0.25) is 10.0 Å². The third-order valence-corrected chi connectivity index (χ3v) is 6.44. The molecular weight excluding hydrogens is 461 g/mol. The number of anilines is 1. The third kappa shape index (κ3) is 4.98. The van der Waals surface area contributed by atoms with Crippen LogP contribution in [0.1, 0.15) is 41.9 Å². The van der Waals surface area contributed by atoms with Crippen LogP contribution in [0.4, 0.5) is 5.69 Å². The number of carbonyl (C=O) groups is 2. The van der Waals surface area contributed by atoms with Crippen LogP contribution in [0.15, 0.2) is 42.5 Å². The van der Waals surface area contributed by atoms with Gasteiger partial charge in [0.1, 0.15) is 0 Å². The second-order valence-electron chi connectivity index (χ2n) is 7.96.